The molecule has 1 aromatic heterocycles. The van der Waals surface area contributed by atoms with E-state index in [4.69, 9.17) is 15.7 Å². The molecule has 102 valence electrons. The summed E-state index contributed by atoms with van der Waals surface area (Å²) in [6, 6.07) is 11.9. The number of hydrogen-bond acceptors (Lipinski definition) is 4. The van der Waals surface area contributed by atoms with Gasteiger partial charge in [-0.3, -0.25) is 0 Å². The summed E-state index contributed by atoms with van der Waals surface area (Å²) in [7, 11) is 0. The SMILES string of the molecule is N#Cc1cccc2ccc(OC3CCC(N)CC3)nc12. The number of para-hydroxylation sites is 1. The largest absolute Gasteiger partial charge is 0.474 e. The molecule has 0 atom stereocenters. The van der Waals surface area contributed by atoms with E-state index in [0.717, 1.165) is 31.1 Å². The van der Waals surface area contributed by atoms with Crippen molar-refractivity contribution in [2.45, 2.75) is 37.8 Å². The summed E-state index contributed by atoms with van der Waals surface area (Å²) in [6.45, 7) is 0. The normalized spacial score (nSPS) is 22.4. The lowest BCUT2D eigenvalue weighted by Gasteiger charge is -2.26. The number of rotatable bonds is 2. The van der Waals surface area contributed by atoms with Crippen molar-refractivity contribution in [2.75, 3.05) is 0 Å². The smallest absolute Gasteiger partial charge is 0.214 e. The van der Waals surface area contributed by atoms with Gasteiger partial charge in [0.2, 0.25) is 5.88 Å². The van der Waals surface area contributed by atoms with Gasteiger partial charge in [0.05, 0.1) is 11.1 Å². The highest BCUT2D eigenvalue weighted by atomic mass is 16.5. The van der Waals surface area contributed by atoms with Gasteiger partial charge in [0.1, 0.15) is 12.2 Å². The monoisotopic (exact) mass is 267 g/mol. The molecule has 1 aromatic carbocycles. The Balaban J connectivity index is 1.84. The molecule has 1 aliphatic rings. The van der Waals surface area contributed by atoms with E-state index in [2.05, 4.69) is 11.1 Å². The highest BCUT2D eigenvalue weighted by Gasteiger charge is 2.20. The van der Waals surface area contributed by atoms with Crippen molar-refractivity contribution in [3.05, 3.63) is 35.9 Å². The van der Waals surface area contributed by atoms with Crippen molar-refractivity contribution in [2.24, 2.45) is 5.73 Å². The molecule has 0 amide bonds. The Morgan fingerprint density at radius 2 is 1.95 bits per heavy atom. The third-order valence-corrected chi connectivity index (χ3v) is 3.82. The highest BCUT2D eigenvalue weighted by molar-refractivity contribution is 5.84. The summed E-state index contributed by atoms with van der Waals surface area (Å²) in [5, 5.41) is 10.1. The molecule has 0 spiro atoms. The van der Waals surface area contributed by atoms with Crippen LogP contribution in [0, 0.1) is 11.3 Å². The Morgan fingerprint density at radius 1 is 1.15 bits per heavy atom. The van der Waals surface area contributed by atoms with Crippen molar-refractivity contribution >= 4 is 10.9 Å². The lowest BCUT2D eigenvalue weighted by atomic mass is 9.94. The second-order valence-electron chi connectivity index (χ2n) is 5.29. The van der Waals surface area contributed by atoms with Crippen molar-refractivity contribution in [3.63, 3.8) is 0 Å². The van der Waals surface area contributed by atoms with E-state index in [9.17, 15) is 0 Å². The van der Waals surface area contributed by atoms with Crippen LogP contribution in [0.1, 0.15) is 31.2 Å². The third-order valence-electron chi connectivity index (χ3n) is 3.82. The van der Waals surface area contributed by atoms with Gasteiger partial charge in [-0.05, 0) is 37.8 Å². The first-order valence-electron chi connectivity index (χ1n) is 6.98. The number of aromatic nitrogens is 1. The first kappa shape index (κ1) is 12.9. The lowest BCUT2D eigenvalue weighted by molar-refractivity contribution is 0.141. The van der Waals surface area contributed by atoms with Gasteiger partial charge in [0.15, 0.2) is 0 Å². The fraction of sp³-hybridized carbons (Fsp3) is 0.375. The predicted octanol–water partition coefficient (Wildman–Crippen LogP) is 2.76. The fourth-order valence-electron chi connectivity index (χ4n) is 2.66. The molecular weight excluding hydrogens is 250 g/mol. The second kappa shape index (κ2) is 5.48. The summed E-state index contributed by atoms with van der Waals surface area (Å²) in [4.78, 5) is 4.48. The molecule has 2 aromatic rings. The Morgan fingerprint density at radius 3 is 2.70 bits per heavy atom. The van der Waals surface area contributed by atoms with E-state index in [1.165, 1.54) is 0 Å². The van der Waals surface area contributed by atoms with Crippen LogP contribution >= 0.6 is 0 Å². The molecule has 1 fully saturated rings. The minimum Gasteiger partial charge on any atom is -0.474 e. The van der Waals surface area contributed by atoms with Crippen molar-refractivity contribution in [3.8, 4) is 11.9 Å². The number of pyridine rings is 1. The second-order valence-corrected chi connectivity index (χ2v) is 5.29. The molecular formula is C16H17N3O. The van der Waals surface area contributed by atoms with Gasteiger partial charge in [-0.2, -0.15) is 5.26 Å². The molecule has 20 heavy (non-hydrogen) atoms. The van der Waals surface area contributed by atoms with Crippen LogP contribution in [-0.2, 0) is 0 Å². The number of nitriles is 1. The van der Waals surface area contributed by atoms with Gasteiger partial charge in [-0.25, -0.2) is 4.98 Å². The first-order chi connectivity index (χ1) is 9.76. The first-order valence-corrected chi connectivity index (χ1v) is 6.98. The molecule has 0 saturated heterocycles. The number of hydrogen-bond donors (Lipinski definition) is 1. The summed E-state index contributed by atoms with van der Waals surface area (Å²) >= 11 is 0. The summed E-state index contributed by atoms with van der Waals surface area (Å²) in [6.07, 6.45) is 4.14. The molecule has 4 nitrogen and oxygen atoms in total. The Bertz CT molecular complexity index is 654. The van der Waals surface area contributed by atoms with E-state index < -0.39 is 0 Å². The average Bonchev–Trinajstić information content (AvgIpc) is 2.49. The molecule has 3 rings (SSSR count). The molecule has 4 heteroatoms. The van der Waals surface area contributed by atoms with E-state index in [1.807, 2.05) is 24.3 Å². The Hall–Kier alpha value is -2.12. The standard InChI is InChI=1S/C16H17N3O/c17-10-12-3-1-2-11-4-9-15(19-16(11)12)20-14-7-5-13(18)6-8-14/h1-4,9,13-14H,5-8,18H2. The minimum atomic E-state index is 0.189. The maximum absolute atomic E-state index is 9.13. The van der Waals surface area contributed by atoms with E-state index >= 15 is 0 Å². The number of fused-ring (bicyclic) bond motifs is 1. The minimum absolute atomic E-state index is 0.189. The van der Waals surface area contributed by atoms with Crippen LogP contribution in [0.15, 0.2) is 30.3 Å². The van der Waals surface area contributed by atoms with Crippen LogP contribution in [0.2, 0.25) is 0 Å². The third kappa shape index (κ3) is 2.59. The van der Waals surface area contributed by atoms with Gasteiger partial charge in [-0.1, -0.05) is 12.1 Å². The van der Waals surface area contributed by atoms with Crippen molar-refractivity contribution in [1.29, 1.82) is 5.26 Å². The number of ether oxygens (including phenoxy) is 1. The highest BCUT2D eigenvalue weighted by Crippen LogP contribution is 2.24. The Kier molecular flexibility index (Phi) is 3.53. The van der Waals surface area contributed by atoms with Crippen LogP contribution in [0.25, 0.3) is 10.9 Å². The molecule has 0 bridgehead atoms. The topological polar surface area (TPSA) is 71.9 Å². The van der Waals surface area contributed by atoms with Crippen molar-refractivity contribution < 1.29 is 4.74 Å². The summed E-state index contributed by atoms with van der Waals surface area (Å²) in [5.74, 6) is 0.598. The number of nitrogens with zero attached hydrogens (tertiary/aromatic N) is 2. The van der Waals surface area contributed by atoms with E-state index in [0.29, 0.717) is 23.0 Å². The van der Waals surface area contributed by atoms with Crippen LogP contribution in [-0.4, -0.2) is 17.1 Å². The lowest BCUT2D eigenvalue weighted by Crippen LogP contribution is -2.31. The quantitative estimate of drug-likeness (QED) is 0.908. The van der Waals surface area contributed by atoms with Crippen LogP contribution < -0.4 is 10.5 Å². The van der Waals surface area contributed by atoms with Crippen LogP contribution in [0.5, 0.6) is 5.88 Å². The maximum Gasteiger partial charge on any atom is 0.214 e. The Labute approximate surface area is 118 Å². The van der Waals surface area contributed by atoms with Gasteiger partial charge >= 0.3 is 0 Å². The number of benzene rings is 1. The fourth-order valence-corrected chi connectivity index (χ4v) is 2.66. The van der Waals surface area contributed by atoms with Gasteiger partial charge in [0.25, 0.3) is 0 Å². The van der Waals surface area contributed by atoms with Crippen LogP contribution in [0.3, 0.4) is 0 Å². The zero-order chi connectivity index (χ0) is 13.9. The summed E-state index contributed by atoms with van der Waals surface area (Å²) in [5.41, 5.74) is 7.19. The molecule has 0 unspecified atom stereocenters. The van der Waals surface area contributed by atoms with Gasteiger partial charge in [0, 0.05) is 17.5 Å². The van der Waals surface area contributed by atoms with Crippen molar-refractivity contribution in [1.82, 2.24) is 4.98 Å². The predicted molar refractivity (Wildman–Crippen MR) is 77.3 cm³/mol. The van der Waals surface area contributed by atoms with E-state index in [1.54, 1.807) is 6.07 Å². The zero-order valence-electron chi connectivity index (χ0n) is 11.2. The molecule has 0 aliphatic heterocycles. The van der Waals surface area contributed by atoms with Gasteiger partial charge in [-0.15, -0.1) is 0 Å². The van der Waals surface area contributed by atoms with Crippen LogP contribution in [0.4, 0.5) is 0 Å². The molecule has 1 aliphatic carbocycles. The summed E-state index contributed by atoms with van der Waals surface area (Å²) < 4.78 is 5.94. The maximum atomic E-state index is 9.13. The van der Waals surface area contributed by atoms with E-state index in [-0.39, 0.29) is 6.10 Å². The molecule has 1 heterocycles. The average molecular weight is 267 g/mol. The van der Waals surface area contributed by atoms with Gasteiger partial charge < -0.3 is 10.5 Å². The zero-order valence-corrected chi connectivity index (χ0v) is 11.2. The molecule has 2 N–H and O–H groups in total. The molecule has 0 radical (unpaired) electrons. The number of nitrogens with two attached hydrogens (primary N) is 1. The molecule has 1 saturated carbocycles.